The van der Waals surface area contributed by atoms with Crippen molar-refractivity contribution in [3.8, 4) is 12.3 Å². The number of carbonyl (C=O) groups excluding carboxylic acids is 2. The summed E-state index contributed by atoms with van der Waals surface area (Å²) in [5, 5.41) is 2.68. The number of hydrogen-bond donors (Lipinski definition) is 1. The Kier molecular flexibility index (Phi) is 6.64. The van der Waals surface area contributed by atoms with E-state index in [0.717, 1.165) is 19.4 Å². The summed E-state index contributed by atoms with van der Waals surface area (Å²) in [6.45, 7) is 2.28. The number of hydrogen-bond acceptors (Lipinski definition) is 3. The molecule has 1 aliphatic heterocycles. The second-order valence-corrected chi connectivity index (χ2v) is 5.62. The van der Waals surface area contributed by atoms with E-state index in [9.17, 15) is 9.59 Å². The second kappa shape index (κ2) is 8.96. The molecule has 1 aromatic rings. The molecule has 1 aliphatic rings. The van der Waals surface area contributed by atoms with Crippen molar-refractivity contribution in [1.29, 1.82) is 0 Å². The van der Waals surface area contributed by atoms with Gasteiger partial charge < -0.3 is 15.0 Å². The molecule has 1 fully saturated rings. The topological polar surface area (TPSA) is 58.6 Å². The average Bonchev–Trinajstić information content (AvgIpc) is 2.60. The number of carbonyl (C=O) groups is 2. The van der Waals surface area contributed by atoms with E-state index in [1.807, 2.05) is 6.07 Å². The fourth-order valence-electron chi connectivity index (χ4n) is 2.67. The minimum absolute atomic E-state index is 0.0195. The fourth-order valence-corrected chi connectivity index (χ4v) is 2.67. The highest BCUT2D eigenvalue weighted by molar-refractivity contribution is 5.96. The molecule has 5 nitrogen and oxygen atoms in total. The minimum Gasteiger partial charge on any atom is -0.368 e. The van der Waals surface area contributed by atoms with Gasteiger partial charge in [-0.2, -0.15) is 0 Å². The van der Waals surface area contributed by atoms with Gasteiger partial charge in [-0.15, -0.1) is 6.42 Å². The third kappa shape index (κ3) is 5.42. The highest BCUT2D eigenvalue weighted by atomic mass is 16.5. The third-order valence-corrected chi connectivity index (χ3v) is 3.85. The number of likely N-dealkylation sites (tertiary alicyclic amines) is 1. The second-order valence-electron chi connectivity index (χ2n) is 5.62. The van der Waals surface area contributed by atoms with Crippen molar-refractivity contribution in [2.45, 2.75) is 12.8 Å². The van der Waals surface area contributed by atoms with Crippen LogP contribution in [0.3, 0.4) is 0 Å². The van der Waals surface area contributed by atoms with E-state index >= 15 is 0 Å². The predicted octanol–water partition coefficient (Wildman–Crippen LogP) is 1.30. The number of nitrogens with one attached hydrogen (secondary N) is 1. The van der Waals surface area contributed by atoms with Crippen molar-refractivity contribution < 1.29 is 14.3 Å². The van der Waals surface area contributed by atoms with Crippen LogP contribution in [-0.2, 0) is 9.53 Å². The molecule has 2 amide bonds. The highest BCUT2D eigenvalue weighted by Crippen LogP contribution is 2.16. The first-order valence-electron chi connectivity index (χ1n) is 7.83. The van der Waals surface area contributed by atoms with Gasteiger partial charge in [0.15, 0.2) is 0 Å². The fraction of sp³-hybridized carbons (Fsp3) is 0.444. The highest BCUT2D eigenvalue weighted by Gasteiger charge is 2.23. The summed E-state index contributed by atoms with van der Waals surface area (Å²) in [6, 6.07) is 8.88. The summed E-state index contributed by atoms with van der Waals surface area (Å²) in [6.07, 6.45) is 7.14. The number of nitrogens with zero attached hydrogens (tertiary/aromatic N) is 1. The van der Waals surface area contributed by atoms with E-state index in [0.29, 0.717) is 31.2 Å². The number of piperidine rings is 1. The average molecular weight is 314 g/mol. The Balaban J connectivity index is 1.76. The van der Waals surface area contributed by atoms with Gasteiger partial charge in [-0.3, -0.25) is 9.59 Å². The molecule has 0 bridgehead atoms. The maximum absolute atomic E-state index is 12.2. The Bertz CT molecular complexity index is 565. The van der Waals surface area contributed by atoms with E-state index in [4.69, 9.17) is 11.2 Å². The van der Waals surface area contributed by atoms with E-state index in [1.165, 1.54) is 0 Å². The molecule has 0 saturated carbocycles. The zero-order valence-corrected chi connectivity index (χ0v) is 13.2. The first-order valence-corrected chi connectivity index (χ1v) is 7.83. The van der Waals surface area contributed by atoms with Crippen LogP contribution in [0.2, 0.25) is 0 Å². The molecule has 0 aliphatic carbocycles. The zero-order chi connectivity index (χ0) is 16.5. The lowest BCUT2D eigenvalue weighted by atomic mass is 9.99. The van der Waals surface area contributed by atoms with Crippen molar-refractivity contribution in [3.05, 3.63) is 35.9 Å². The predicted molar refractivity (Wildman–Crippen MR) is 87.7 cm³/mol. The smallest absolute Gasteiger partial charge is 0.251 e. The third-order valence-electron chi connectivity index (χ3n) is 3.85. The summed E-state index contributed by atoms with van der Waals surface area (Å²) in [7, 11) is 0. The molecule has 23 heavy (non-hydrogen) atoms. The van der Waals surface area contributed by atoms with E-state index in [2.05, 4.69) is 11.2 Å². The van der Waals surface area contributed by atoms with E-state index in [1.54, 1.807) is 29.2 Å². The molecule has 0 radical (unpaired) electrons. The molecule has 1 N–H and O–H groups in total. The summed E-state index contributed by atoms with van der Waals surface area (Å²) < 4.78 is 5.36. The number of rotatable bonds is 6. The molecule has 1 aromatic carbocycles. The first-order chi connectivity index (χ1) is 11.2. The Labute approximate surface area is 137 Å². The monoisotopic (exact) mass is 314 g/mol. The molecule has 0 spiro atoms. The van der Waals surface area contributed by atoms with Crippen LogP contribution in [0, 0.1) is 18.3 Å². The van der Waals surface area contributed by atoms with Crippen molar-refractivity contribution in [2.75, 3.05) is 32.8 Å². The zero-order valence-electron chi connectivity index (χ0n) is 13.2. The summed E-state index contributed by atoms with van der Waals surface area (Å²) in [5.74, 6) is 2.46. The van der Waals surface area contributed by atoms with Crippen LogP contribution in [0.4, 0.5) is 0 Å². The summed E-state index contributed by atoms with van der Waals surface area (Å²) in [4.78, 5) is 26.0. The van der Waals surface area contributed by atoms with Crippen molar-refractivity contribution in [1.82, 2.24) is 10.2 Å². The normalized spacial score (nSPS) is 17.3. The maximum Gasteiger partial charge on any atom is 0.251 e. The van der Waals surface area contributed by atoms with Gasteiger partial charge in [-0.1, -0.05) is 24.1 Å². The van der Waals surface area contributed by atoms with Gasteiger partial charge in [0, 0.05) is 18.7 Å². The quantitative estimate of drug-likeness (QED) is 0.636. The van der Waals surface area contributed by atoms with Crippen molar-refractivity contribution in [2.24, 2.45) is 5.92 Å². The molecule has 0 aromatic heterocycles. The Morgan fingerprint density at radius 1 is 1.35 bits per heavy atom. The van der Waals surface area contributed by atoms with Crippen LogP contribution < -0.4 is 5.32 Å². The number of amides is 2. The van der Waals surface area contributed by atoms with Gasteiger partial charge in [0.05, 0.1) is 13.2 Å². The summed E-state index contributed by atoms with van der Waals surface area (Å²) >= 11 is 0. The maximum atomic E-state index is 12.2. The molecular formula is C18H22N2O3. The number of ether oxygens (including phenoxy) is 1. The van der Waals surface area contributed by atoms with Gasteiger partial charge in [0.25, 0.3) is 5.91 Å². The molecule has 1 saturated heterocycles. The molecule has 1 atom stereocenters. The first kappa shape index (κ1) is 17.0. The van der Waals surface area contributed by atoms with Crippen LogP contribution in [0.1, 0.15) is 23.2 Å². The van der Waals surface area contributed by atoms with Crippen LogP contribution in [0.25, 0.3) is 0 Å². The number of benzene rings is 1. The molecular weight excluding hydrogens is 292 g/mol. The molecule has 1 unspecified atom stereocenters. The lowest BCUT2D eigenvalue weighted by molar-refractivity contribution is -0.132. The van der Waals surface area contributed by atoms with Gasteiger partial charge >= 0.3 is 0 Å². The summed E-state index contributed by atoms with van der Waals surface area (Å²) in [5.41, 5.74) is 0.555. The lowest BCUT2D eigenvalue weighted by Crippen LogP contribution is -2.45. The van der Waals surface area contributed by atoms with Crippen LogP contribution in [-0.4, -0.2) is 49.6 Å². The van der Waals surface area contributed by atoms with Crippen LogP contribution in [0.15, 0.2) is 30.3 Å². The standard InChI is InChI=1S/C18H22N2O3/c1-2-11-23-14-15-7-6-10-20(13-15)17(21)12-19-18(22)16-8-4-3-5-9-16/h1,3-5,8-9,15H,6-7,10-14H2,(H,19,22). The molecule has 1 heterocycles. The van der Waals surface area contributed by atoms with E-state index in [-0.39, 0.29) is 18.4 Å². The van der Waals surface area contributed by atoms with Gasteiger partial charge in [0.2, 0.25) is 5.91 Å². The Morgan fingerprint density at radius 2 is 2.13 bits per heavy atom. The van der Waals surface area contributed by atoms with Crippen LogP contribution in [0.5, 0.6) is 0 Å². The van der Waals surface area contributed by atoms with Crippen molar-refractivity contribution >= 4 is 11.8 Å². The van der Waals surface area contributed by atoms with Crippen LogP contribution >= 0.6 is 0 Å². The minimum atomic E-state index is -0.232. The SMILES string of the molecule is C#CCOCC1CCCN(C(=O)CNC(=O)c2ccccc2)C1. The number of terminal acetylenes is 1. The Hall–Kier alpha value is -2.32. The van der Waals surface area contributed by atoms with Crippen molar-refractivity contribution in [3.63, 3.8) is 0 Å². The molecule has 122 valence electrons. The van der Waals surface area contributed by atoms with Gasteiger partial charge in [-0.25, -0.2) is 0 Å². The van der Waals surface area contributed by atoms with Gasteiger partial charge in [0.1, 0.15) is 6.61 Å². The Morgan fingerprint density at radius 3 is 2.87 bits per heavy atom. The largest absolute Gasteiger partial charge is 0.368 e. The molecule has 2 rings (SSSR count). The lowest BCUT2D eigenvalue weighted by Gasteiger charge is -2.32. The molecule has 5 heteroatoms. The van der Waals surface area contributed by atoms with E-state index < -0.39 is 0 Å². The van der Waals surface area contributed by atoms with Gasteiger partial charge in [-0.05, 0) is 30.9 Å².